The van der Waals surface area contributed by atoms with Crippen molar-refractivity contribution in [1.82, 2.24) is 5.32 Å². The van der Waals surface area contributed by atoms with Crippen LogP contribution in [-0.2, 0) is 4.74 Å². The average Bonchev–Trinajstić information content (AvgIpc) is 2.32. The molecular formula is C14H20ClNO2. The Morgan fingerprint density at radius 2 is 2.28 bits per heavy atom. The van der Waals surface area contributed by atoms with Crippen molar-refractivity contribution in [2.45, 2.75) is 32.4 Å². The van der Waals surface area contributed by atoms with E-state index in [1.807, 2.05) is 12.1 Å². The standard InChI is InChI=1S/C14H20ClNO2/c1-3-6-16-10(2)11-4-5-14(13(15)7-11)18-12-8-17-9-12/h4-5,7,10,12,16H,3,6,8-9H2,1-2H3. The van der Waals surface area contributed by atoms with Gasteiger partial charge in [0.2, 0.25) is 0 Å². The van der Waals surface area contributed by atoms with Gasteiger partial charge in [0.15, 0.2) is 0 Å². The lowest BCUT2D eigenvalue weighted by Gasteiger charge is -2.27. The number of halogens is 1. The zero-order valence-corrected chi connectivity index (χ0v) is 11.7. The van der Waals surface area contributed by atoms with E-state index in [0.717, 1.165) is 18.7 Å². The van der Waals surface area contributed by atoms with Gasteiger partial charge in [-0.1, -0.05) is 24.6 Å². The van der Waals surface area contributed by atoms with E-state index in [1.165, 1.54) is 5.56 Å². The summed E-state index contributed by atoms with van der Waals surface area (Å²) in [6.07, 6.45) is 1.28. The molecule has 1 aromatic rings. The molecule has 3 nitrogen and oxygen atoms in total. The third-order valence-corrected chi connectivity index (χ3v) is 3.35. The van der Waals surface area contributed by atoms with Crippen LogP contribution in [0, 0.1) is 0 Å². The zero-order valence-electron chi connectivity index (χ0n) is 10.9. The van der Waals surface area contributed by atoms with Crippen LogP contribution in [0.15, 0.2) is 18.2 Å². The maximum absolute atomic E-state index is 6.24. The first-order valence-corrected chi connectivity index (χ1v) is 6.85. The molecule has 4 heteroatoms. The number of rotatable bonds is 6. The highest BCUT2D eigenvalue weighted by molar-refractivity contribution is 6.32. The Labute approximate surface area is 113 Å². The predicted molar refractivity (Wildman–Crippen MR) is 73.4 cm³/mol. The van der Waals surface area contributed by atoms with Gasteiger partial charge >= 0.3 is 0 Å². The van der Waals surface area contributed by atoms with Crippen molar-refractivity contribution in [3.63, 3.8) is 0 Å². The van der Waals surface area contributed by atoms with Crippen molar-refractivity contribution in [1.29, 1.82) is 0 Å². The normalized spacial score (nSPS) is 17.3. The molecule has 0 amide bonds. The first-order chi connectivity index (χ1) is 8.70. The fourth-order valence-corrected chi connectivity index (χ4v) is 2.06. The third-order valence-electron chi connectivity index (χ3n) is 3.06. The molecule has 2 rings (SSSR count). The molecule has 1 saturated heterocycles. The second kappa shape index (κ2) is 6.41. The molecule has 1 fully saturated rings. The minimum atomic E-state index is 0.156. The molecule has 0 bridgehead atoms. The molecule has 1 N–H and O–H groups in total. The van der Waals surface area contributed by atoms with Crippen LogP contribution in [0.5, 0.6) is 5.75 Å². The smallest absolute Gasteiger partial charge is 0.145 e. The first kappa shape index (κ1) is 13.7. The van der Waals surface area contributed by atoms with Crippen molar-refractivity contribution in [3.05, 3.63) is 28.8 Å². The fraction of sp³-hybridized carbons (Fsp3) is 0.571. The van der Waals surface area contributed by atoms with Gasteiger partial charge in [0.05, 0.1) is 18.2 Å². The molecule has 0 saturated carbocycles. The topological polar surface area (TPSA) is 30.5 Å². The van der Waals surface area contributed by atoms with Crippen LogP contribution < -0.4 is 10.1 Å². The number of hydrogen-bond donors (Lipinski definition) is 1. The average molecular weight is 270 g/mol. The van der Waals surface area contributed by atoms with Gasteiger partial charge < -0.3 is 14.8 Å². The van der Waals surface area contributed by atoms with Gasteiger partial charge in [-0.3, -0.25) is 0 Å². The Hall–Kier alpha value is -0.770. The minimum absolute atomic E-state index is 0.156. The van der Waals surface area contributed by atoms with Crippen LogP contribution >= 0.6 is 11.6 Å². The van der Waals surface area contributed by atoms with Crippen molar-refractivity contribution in [2.24, 2.45) is 0 Å². The summed E-state index contributed by atoms with van der Waals surface area (Å²) in [4.78, 5) is 0. The summed E-state index contributed by atoms with van der Waals surface area (Å²) >= 11 is 6.24. The highest BCUT2D eigenvalue weighted by Crippen LogP contribution is 2.29. The second-order valence-corrected chi connectivity index (χ2v) is 5.05. The summed E-state index contributed by atoms with van der Waals surface area (Å²) in [5.74, 6) is 0.747. The van der Waals surface area contributed by atoms with Gasteiger partial charge in [-0.05, 0) is 37.6 Å². The maximum Gasteiger partial charge on any atom is 0.145 e. The summed E-state index contributed by atoms with van der Waals surface area (Å²) < 4.78 is 10.8. The Morgan fingerprint density at radius 3 is 2.83 bits per heavy atom. The Kier molecular flexibility index (Phi) is 4.87. The van der Waals surface area contributed by atoms with Crippen molar-refractivity contribution in [3.8, 4) is 5.75 Å². The van der Waals surface area contributed by atoms with Crippen molar-refractivity contribution < 1.29 is 9.47 Å². The van der Waals surface area contributed by atoms with Crippen LogP contribution in [0.4, 0.5) is 0 Å². The van der Waals surface area contributed by atoms with Crippen LogP contribution in [0.2, 0.25) is 5.02 Å². The van der Waals surface area contributed by atoms with Crippen LogP contribution in [0.25, 0.3) is 0 Å². The number of ether oxygens (including phenoxy) is 2. The highest BCUT2D eigenvalue weighted by atomic mass is 35.5. The first-order valence-electron chi connectivity index (χ1n) is 6.48. The summed E-state index contributed by atoms with van der Waals surface area (Å²) in [5.41, 5.74) is 1.19. The summed E-state index contributed by atoms with van der Waals surface area (Å²) in [6.45, 7) is 6.63. The predicted octanol–water partition coefficient (Wildman–Crippen LogP) is 3.18. The van der Waals surface area contributed by atoms with Crippen molar-refractivity contribution >= 4 is 11.6 Å². The summed E-state index contributed by atoms with van der Waals surface area (Å²) in [6, 6.07) is 6.29. The fourth-order valence-electron chi connectivity index (χ4n) is 1.82. The lowest BCUT2D eigenvalue weighted by molar-refractivity contribution is -0.0796. The molecule has 0 radical (unpaired) electrons. The molecule has 1 aliphatic rings. The van der Waals surface area contributed by atoms with E-state index in [2.05, 4.69) is 25.2 Å². The van der Waals surface area contributed by atoms with Gasteiger partial charge in [-0.2, -0.15) is 0 Å². The Bertz CT molecular complexity index is 393. The molecule has 1 heterocycles. The maximum atomic E-state index is 6.24. The van der Waals surface area contributed by atoms with E-state index < -0.39 is 0 Å². The van der Waals surface area contributed by atoms with E-state index in [1.54, 1.807) is 0 Å². The molecule has 1 aromatic carbocycles. The quantitative estimate of drug-likeness (QED) is 0.860. The van der Waals surface area contributed by atoms with Gasteiger partial charge in [-0.15, -0.1) is 0 Å². The molecule has 1 atom stereocenters. The van der Waals surface area contributed by atoms with Crippen molar-refractivity contribution in [2.75, 3.05) is 19.8 Å². The Balaban J connectivity index is 1.99. The molecular weight excluding hydrogens is 250 g/mol. The summed E-state index contributed by atoms with van der Waals surface area (Å²) in [7, 11) is 0. The van der Waals surface area contributed by atoms with E-state index in [4.69, 9.17) is 21.1 Å². The largest absolute Gasteiger partial charge is 0.484 e. The number of hydrogen-bond acceptors (Lipinski definition) is 3. The molecule has 100 valence electrons. The van der Waals surface area contributed by atoms with Gasteiger partial charge in [0, 0.05) is 6.04 Å². The highest BCUT2D eigenvalue weighted by Gasteiger charge is 2.21. The SMILES string of the molecule is CCCNC(C)c1ccc(OC2COC2)c(Cl)c1. The zero-order chi connectivity index (χ0) is 13.0. The summed E-state index contributed by atoms with van der Waals surface area (Å²) in [5, 5.41) is 4.11. The van der Waals surface area contributed by atoms with E-state index in [-0.39, 0.29) is 6.10 Å². The third kappa shape index (κ3) is 3.37. The molecule has 1 aliphatic heterocycles. The van der Waals surface area contributed by atoms with E-state index in [0.29, 0.717) is 24.3 Å². The van der Waals surface area contributed by atoms with Gasteiger partial charge in [0.25, 0.3) is 0 Å². The Morgan fingerprint density at radius 1 is 1.50 bits per heavy atom. The van der Waals surface area contributed by atoms with Crippen LogP contribution in [0.3, 0.4) is 0 Å². The molecule has 18 heavy (non-hydrogen) atoms. The molecule has 1 unspecified atom stereocenters. The lowest BCUT2D eigenvalue weighted by atomic mass is 10.1. The molecule has 0 aromatic heterocycles. The minimum Gasteiger partial charge on any atom is -0.484 e. The monoisotopic (exact) mass is 269 g/mol. The number of benzene rings is 1. The van der Waals surface area contributed by atoms with Gasteiger partial charge in [0.1, 0.15) is 11.9 Å². The van der Waals surface area contributed by atoms with E-state index in [9.17, 15) is 0 Å². The van der Waals surface area contributed by atoms with Crippen LogP contribution in [0.1, 0.15) is 31.9 Å². The van der Waals surface area contributed by atoms with Crippen LogP contribution in [-0.4, -0.2) is 25.9 Å². The lowest BCUT2D eigenvalue weighted by Crippen LogP contribution is -2.38. The molecule has 0 aliphatic carbocycles. The number of nitrogens with one attached hydrogen (secondary N) is 1. The van der Waals surface area contributed by atoms with E-state index >= 15 is 0 Å². The van der Waals surface area contributed by atoms with Gasteiger partial charge in [-0.25, -0.2) is 0 Å². The second-order valence-electron chi connectivity index (χ2n) is 4.64. The molecule has 0 spiro atoms.